The molecule has 2 amide bonds. The summed E-state index contributed by atoms with van der Waals surface area (Å²) in [6.07, 6.45) is 0.245. The molecule has 1 aliphatic rings. The van der Waals surface area contributed by atoms with Crippen LogP contribution in [0.25, 0.3) is 11.1 Å². The van der Waals surface area contributed by atoms with E-state index in [1.807, 2.05) is 36.4 Å². The first kappa shape index (κ1) is 22.6. The van der Waals surface area contributed by atoms with E-state index in [-0.39, 0.29) is 24.8 Å². The molecule has 1 N–H and O–H groups in total. The maximum Gasteiger partial charge on any atom is 0.240 e. The van der Waals surface area contributed by atoms with E-state index in [1.54, 1.807) is 6.07 Å². The van der Waals surface area contributed by atoms with Gasteiger partial charge in [-0.1, -0.05) is 60.7 Å². The molecule has 0 atom stereocenters. The van der Waals surface area contributed by atoms with Crippen molar-refractivity contribution in [1.29, 1.82) is 0 Å². The molecule has 6 heteroatoms. The summed E-state index contributed by atoms with van der Waals surface area (Å²) in [6, 6.07) is 23.9. The number of anilines is 1. The lowest BCUT2D eigenvalue weighted by Crippen LogP contribution is -2.40. The molecular formula is C27H29N3O3. The smallest absolute Gasteiger partial charge is 0.240 e. The van der Waals surface area contributed by atoms with E-state index in [2.05, 4.69) is 54.6 Å². The summed E-state index contributed by atoms with van der Waals surface area (Å²) in [7, 11) is 4.10. The summed E-state index contributed by atoms with van der Waals surface area (Å²) in [5.74, 6) is 0.295. The van der Waals surface area contributed by atoms with Gasteiger partial charge in [-0.25, -0.2) is 0 Å². The minimum absolute atomic E-state index is 0.0411. The van der Waals surface area contributed by atoms with Gasteiger partial charge >= 0.3 is 0 Å². The van der Waals surface area contributed by atoms with E-state index in [1.165, 1.54) is 10.5 Å². The lowest BCUT2D eigenvalue weighted by atomic mass is 9.98. The number of nitrogens with one attached hydrogen (secondary N) is 1. The zero-order valence-electron chi connectivity index (χ0n) is 19.1. The number of ether oxygens (including phenoxy) is 1. The molecule has 170 valence electrons. The molecule has 6 nitrogen and oxygen atoms in total. The molecule has 3 aromatic carbocycles. The van der Waals surface area contributed by atoms with E-state index in [4.69, 9.17) is 4.74 Å². The van der Waals surface area contributed by atoms with Gasteiger partial charge in [0.15, 0.2) is 0 Å². The van der Waals surface area contributed by atoms with Crippen LogP contribution in [0.1, 0.15) is 17.5 Å². The fourth-order valence-electron chi connectivity index (χ4n) is 4.00. The molecule has 0 saturated heterocycles. The molecular weight excluding hydrogens is 414 g/mol. The Morgan fingerprint density at radius 2 is 1.73 bits per heavy atom. The number of para-hydroxylation sites is 2. The second-order valence-corrected chi connectivity index (χ2v) is 8.41. The van der Waals surface area contributed by atoms with Crippen molar-refractivity contribution in [3.63, 3.8) is 0 Å². The van der Waals surface area contributed by atoms with Gasteiger partial charge in [0.1, 0.15) is 12.3 Å². The number of hydrogen-bond acceptors (Lipinski definition) is 4. The topological polar surface area (TPSA) is 61.9 Å². The van der Waals surface area contributed by atoms with E-state index >= 15 is 0 Å². The highest BCUT2D eigenvalue weighted by molar-refractivity contribution is 6.00. The van der Waals surface area contributed by atoms with E-state index < -0.39 is 0 Å². The van der Waals surface area contributed by atoms with Crippen LogP contribution in [0.4, 0.5) is 5.69 Å². The number of fused-ring (bicyclic) bond motifs is 1. The number of hydrogen-bond donors (Lipinski definition) is 1. The number of nitrogens with zero attached hydrogens (tertiary/aromatic N) is 2. The average molecular weight is 444 g/mol. The Hall–Kier alpha value is -3.64. The molecule has 0 unspecified atom stereocenters. The largest absolute Gasteiger partial charge is 0.491 e. The quantitative estimate of drug-likeness (QED) is 0.603. The van der Waals surface area contributed by atoms with Gasteiger partial charge in [-0.3, -0.25) is 14.5 Å². The van der Waals surface area contributed by atoms with Crippen LogP contribution in [0.15, 0.2) is 72.8 Å². The summed E-state index contributed by atoms with van der Waals surface area (Å²) in [4.78, 5) is 29.0. The summed E-state index contributed by atoms with van der Waals surface area (Å²) in [5, 5.41) is 2.99. The zero-order valence-corrected chi connectivity index (χ0v) is 19.1. The Bertz CT molecular complexity index is 1130. The Balaban J connectivity index is 1.45. The van der Waals surface area contributed by atoms with Crippen molar-refractivity contribution in [3.8, 4) is 16.9 Å². The van der Waals surface area contributed by atoms with Gasteiger partial charge in [0.25, 0.3) is 0 Å². The Morgan fingerprint density at radius 1 is 1.00 bits per heavy atom. The van der Waals surface area contributed by atoms with Crippen molar-refractivity contribution >= 4 is 17.5 Å². The summed E-state index contributed by atoms with van der Waals surface area (Å²) < 4.78 is 5.66. The molecule has 4 rings (SSSR count). The third kappa shape index (κ3) is 5.59. The van der Waals surface area contributed by atoms with Gasteiger partial charge < -0.3 is 15.0 Å². The molecule has 0 saturated carbocycles. The standard InChI is InChI=1S/C27H29N3O3/c1-29(2)18-20-11-13-21(14-12-20)23-8-4-3-7-22(23)17-28-26(31)19-30-24-9-5-6-10-25(24)33-16-15-27(30)32/h3-14H,15-19H2,1-2H3,(H,28,31). The summed E-state index contributed by atoms with van der Waals surface area (Å²) in [6.45, 7) is 1.55. The fraction of sp³-hybridized carbons (Fsp3) is 0.259. The van der Waals surface area contributed by atoms with Crippen molar-refractivity contribution in [2.24, 2.45) is 0 Å². The Labute approximate surface area is 194 Å². The first-order chi connectivity index (χ1) is 16.0. The van der Waals surface area contributed by atoms with Gasteiger partial charge in [-0.15, -0.1) is 0 Å². The van der Waals surface area contributed by atoms with E-state index in [0.717, 1.165) is 23.2 Å². The predicted molar refractivity (Wildman–Crippen MR) is 130 cm³/mol. The number of carbonyl (C=O) groups excluding carboxylic acids is 2. The lowest BCUT2D eigenvalue weighted by molar-refractivity contribution is -0.124. The van der Waals surface area contributed by atoms with Gasteiger partial charge in [-0.05, 0) is 48.5 Å². The van der Waals surface area contributed by atoms with E-state index in [0.29, 0.717) is 24.6 Å². The third-order valence-electron chi connectivity index (χ3n) is 5.59. The van der Waals surface area contributed by atoms with Crippen LogP contribution in [-0.4, -0.2) is 44.0 Å². The second-order valence-electron chi connectivity index (χ2n) is 8.41. The van der Waals surface area contributed by atoms with Crippen molar-refractivity contribution < 1.29 is 14.3 Å². The predicted octanol–water partition coefficient (Wildman–Crippen LogP) is 3.85. The molecule has 3 aromatic rings. The summed E-state index contributed by atoms with van der Waals surface area (Å²) in [5.41, 5.74) is 5.10. The number of benzene rings is 3. The maximum absolute atomic E-state index is 12.8. The molecule has 0 fully saturated rings. The molecule has 0 spiro atoms. The normalized spacial score (nSPS) is 13.3. The van der Waals surface area contributed by atoms with Gasteiger partial charge in [0.2, 0.25) is 11.8 Å². The fourth-order valence-corrected chi connectivity index (χ4v) is 4.00. The van der Waals surface area contributed by atoms with Crippen molar-refractivity contribution in [2.45, 2.75) is 19.5 Å². The van der Waals surface area contributed by atoms with Crippen LogP contribution < -0.4 is 15.0 Å². The molecule has 33 heavy (non-hydrogen) atoms. The molecule has 0 aromatic heterocycles. The SMILES string of the molecule is CN(C)Cc1ccc(-c2ccccc2CNC(=O)CN2C(=O)CCOc3ccccc32)cc1. The molecule has 0 bridgehead atoms. The van der Waals surface area contributed by atoms with Crippen molar-refractivity contribution in [3.05, 3.63) is 83.9 Å². The first-order valence-electron chi connectivity index (χ1n) is 11.1. The summed E-state index contributed by atoms with van der Waals surface area (Å²) >= 11 is 0. The van der Waals surface area contributed by atoms with Crippen molar-refractivity contribution in [1.82, 2.24) is 10.2 Å². The molecule has 0 radical (unpaired) electrons. The highest BCUT2D eigenvalue weighted by Crippen LogP contribution is 2.30. The maximum atomic E-state index is 12.8. The highest BCUT2D eigenvalue weighted by Gasteiger charge is 2.25. The number of carbonyl (C=O) groups is 2. The van der Waals surface area contributed by atoms with Crippen LogP contribution in [0, 0.1) is 0 Å². The number of rotatable bonds is 7. The molecule has 1 heterocycles. The Morgan fingerprint density at radius 3 is 2.52 bits per heavy atom. The molecule has 1 aliphatic heterocycles. The van der Waals surface area contributed by atoms with E-state index in [9.17, 15) is 9.59 Å². The van der Waals surface area contributed by atoms with Gasteiger partial charge in [0, 0.05) is 13.1 Å². The third-order valence-corrected chi connectivity index (χ3v) is 5.59. The van der Waals surface area contributed by atoms with Crippen LogP contribution in [0.5, 0.6) is 5.75 Å². The van der Waals surface area contributed by atoms with Crippen LogP contribution in [-0.2, 0) is 22.7 Å². The van der Waals surface area contributed by atoms with Crippen LogP contribution in [0.3, 0.4) is 0 Å². The highest BCUT2D eigenvalue weighted by atomic mass is 16.5. The van der Waals surface area contributed by atoms with Crippen LogP contribution in [0.2, 0.25) is 0 Å². The minimum Gasteiger partial charge on any atom is -0.491 e. The lowest BCUT2D eigenvalue weighted by Gasteiger charge is -2.21. The number of amides is 2. The molecule has 0 aliphatic carbocycles. The first-order valence-corrected chi connectivity index (χ1v) is 11.1. The Kier molecular flexibility index (Phi) is 7.05. The minimum atomic E-state index is -0.212. The van der Waals surface area contributed by atoms with Gasteiger partial charge in [0.05, 0.1) is 18.7 Å². The van der Waals surface area contributed by atoms with Crippen molar-refractivity contribution in [2.75, 3.05) is 32.1 Å². The van der Waals surface area contributed by atoms with Crippen LogP contribution >= 0.6 is 0 Å². The monoisotopic (exact) mass is 443 g/mol. The average Bonchev–Trinajstić information content (AvgIpc) is 2.97. The second kappa shape index (κ2) is 10.3. The zero-order chi connectivity index (χ0) is 23.2. The van der Waals surface area contributed by atoms with Gasteiger partial charge in [-0.2, -0.15) is 0 Å².